The van der Waals surface area contributed by atoms with Crippen LogP contribution in [0.15, 0.2) is 12.5 Å². The monoisotopic (exact) mass is 360 g/mol. The average Bonchev–Trinajstić information content (AvgIpc) is 2.65. The first kappa shape index (κ1) is 19.4. The number of aromatic nitrogens is 2. The molecule has 1 fully saturated rings. The molecule has 1 aliphatic rings. The predicted octanol–water partition coefficient (Wildman–Crippen LogP) is 3.47. The van der Waals surface area contributed by atoms with Crippen LogP contribution in [-0.2, 0) is 0 Å². The Bertz CT molecular complexity index is 579. The van der Waals surface area contributed by atoms with E-state index in [0.29, 0.717) is 24.0 Å². The van der Waals surface area contributed by atoms with E-state index >= 15 is 0 Å². The number of rotatable bonds is 8. The molecular formula is C18H28N6S. The Morgan fingerprint density at radius 3 is 2.88 bits per heavy atom. The zero-order valence-electron chi connectivity index (χ0n) is 15.0. The molecule has 7 heteroatoms. The summed E-state index contributed by atoms with van der Waals surface area (Å²) in [6.07, 6.45) is 11.3. The van der Waals surface area contributed by atoms with Gasteiger partial charge in [0.2, 0.25) is 0 Å². The lowest BCUT2D eigenvalue weighted by molar-refractivity contribution is 0.357. The number of thiocarbonyl (C=S) groups is 1. The van der Waals surface area contributed by atoms with Gasteiger partial charge in [-0.15, -0.1) is 0 Å². The number of nitrogens with one attached hydrogen (secondary N) is 2. The van der Waals surface area contributed by atoms with E-state index in [0.717, 1.165) is 31.0 Å². The highest BCUT2D eigenvalue weighted by Crippen LogP contribution is 2.24. The zero-order valence-corrected chi connectivity index (χ0v) is 15.8. The van der Waals surface area contributed by atoms with Gasteiger partial charge in [-0.2, -0.15) is 5.26 Å². The van der Waals surface area contributed by atoms with Crippen LogP contribution in [0, 0.1) is 17.2 Å². The predicted molar refractivity (Wildman–Crippen MR) is 106 cm³/mol. The van der Waals surface area contributed by atoms with Crippen molar-refractivity contribution in [1.82, 2.24) is 15.3 Å². The number of nitriles is 1. The summed E-state index contributed by atoms with van der Waals surface area (Å²) in [5.41, 5.74) is 0.787. The van der Waals surface area contributed by atoms with Gasteiger partial charge in [0.25, 0.3) is 0 Å². The molecule has 25 heavy (non-hydrogen) atoms. The van der Waals surface area contributed by atoms with Gasteiger partial charge >= 0.3 is 0 Å². The molecule has 0 atom stereocenters. The molecule has 0 saturated heterocycles. The van der Waals surface area contributed by atoms with Gasteiger partial charge < -0.3 is 15.5 Å². The molecule has 2 rings (SSSR count). The number of hydrogen-bond donors (Lipinski definition) is 2. The molecule has 1 aromatic heterocycles. The SMILES string of the molecule is CCCN(CCC#N)c1ncncc1NC(=S)NCC1CCCCC1. The molecule has 0 spiro atoms. The summed E-state index contributed by atoms with van der Waals surface area (Å²) >= 11 is 5.45. The Kier molecular flexibility index (Phi) is 8.40. The molecule has 1 aromatic rings. The topological polar surface area (TPSA) is 76.9 Å². The first-order chi connectivity index (χ1) is 12.2. The minimum atomic E-state index is 0.466. The zero-order chi connectivity index (χ0) is 17.9. The van der Waals surface area contributed by atoms with Crippen molar-refractivity contribution in [3.8, 4) is 6.07 Å². The Morgan fingerprint density at radius 1 is 1.36 bits per heavy atom. The van der Waals surface area contributed by atoms with Crippen molar-refractivity contribution in [2.75, 3.05) is 29.9 Å². The van der Waals surface area contributed by atoms with Crippen molar-refractivity contribution in [2.24, 2.45) is 5.92 Å². The average molecular weight is 361 g/mol. The van der Waals surface area contributed by atoms with Crippen LogP contribution in [0.1, 0.15) is 51.9 Å². The quantitative estimate of drug-likeness (QED) is 0.687. The molecule has 136 valence electrons. The lowest BCUT2D eigenvalue weighted by atomic mass is 9.89. The smallest absolute Gasteiger partial charge is 0.170 e. The van der Waals surface area contributed by atoms with E-state index in [1.54, 1.807) is 6.20 Å². The second-order valence-electron chi connectivity index (χ2n) is 6.49. The molecule has 0 radical (unpaired) electrons. The molecule has 1 saturated carbocycles. The van der Waals surface area contributed by atoms with Gasteiger partial charge in [0.05, 0.1) is 18.7 Å². The molecule has 0 amide bonds. The van der Waals surface area contributed by atoms with E-state index in [-0.39, 0.29) is 0 Å². The van der Waals surface area contributed by atoms with E-state index < -0.39 is 0 Å². The summed E-state index contributed by atoms with van der Waals surface area (Å²) in [7, 11) is 0. The van der Waals surface area contributed by atoms with Gasteiger partial charge in [-0.05, 0) is 37.4 Å². The number of anilines is 2. The summed E-state index contributed by atoms with van der Waals surface area (Å²) in [5.74, 6) is 1.51. The summed E-state index contributed by atoms with van der Waals surface area (Å²) in [5, 5.41) is 16.1. The molecule has 6 nitrogen and oxygen atoms in total. The Hall–Kier alpha value is -1.94. The van der Waals surface area contributed by atoms with Crippen LogP contribution in [-0.4, -0.2) is 34.7 Å². The van der Waals surface area contributed by atoms with Crippen LogP contribution in [0.2, 0.25) is 0 Å². The number of hydrogen-bond acceptors (Lipinski definition) is 5. The van der Waals surface area contributed by atoms with Crippen LogP contribution >= 0.6 is 12.2 Å². The van der Waals surface area contributed by atoms with Crippen molar-refractivity contribution >= 4 is 28.8 Å². The highest BCUT2D eigenvalue weighted by molar-refractivity contribution is 7.80. The maximum atomic E-state index is 8.88. The van der Waals surface area contributed by atoms with Crippen molar-refractivity contribution in [2.45, 2.75) is 51.9 Å². The highest BCUT2D eigenvalue weighted by Gasteiger charge is 2.15. The van der Waals surface area contributed by atoms with E-state index in [4.69, 9.17) is 17.5 Å². The fourth-order valence-electron chi connectivity index (χ4n) is 3.24. The first-order valence-corrected chi connectivity index (χ1v) is 9.62. The van der Waals surface area contributed by atoms with Crippen LogP contribution < -0.4 is 15.5 Å². The van der Waals surface area contributed by atoms with Crippen molar-refractivity contribution < 1.29 is 0 Å². The molecule has 0 aromatic carbocycles. The van der Waals surface area contributed by atoms with Crippen molar-refractivity contribution in [1.29, 1.82) is 5.26 Å². The molecule has 0 unspecified atom stereocenters. The standard InChI is InChI=1S/C18H28N6S/c1-2-10-24(11-6-9-19)17-16(13-20-14-22-17)23-18(25)21-12-15-7-4-3-5-8-15/h13-15H,2-8,10-12H2,1H3,(H2,21,23,25). The summed E-state index contributed by atoms with van der Waals surface area (Å²) in [6.45, 7) is 4.53. The second kappa shape index (κ2) is 10.8. The summed E-state index contributed by atoms with van der Waals surface area (Å²) in [4.78, 5) is 10.6. The highest BCUT2D eigenvalue weighted by atomic mass is 32.1. The molecule has 2 N–H and O–H groups in total. The summed E-state index contributed by atoms with van der Waals surface area (Å²) in [6, 6.07) is 2.20. The van der Waals surface area contributed by atoms with E-state index in [1.165, 1.54) is 38.4 Å². The summed E-state index contributed by atoms with van der Waals surface area (Å²) < 4.78 is 0. The minimum absolute atomic E-state index is 0.466. The van der Waals surface area contributed by atoms with E-state index in [9.17, 15) is 0 Å². The normalized spacial score (nSPS) is 14.6. The molecule has 1 heterocycles. The fourth-order valence-corrected chi connectivity index (χ4v) is 3.43. The van der Waals surface area contributed by atoms with Crippen LogP contribution in [0.3, 0.4) is 0 Å². The molecule has 0 aliphatic heterocycles. The van der Waals surface area contributed by atoms with Crippen molar-refractivity contribution in [3.63, 3.8) is 0 Å². The lowest BCUT2D eigenvalue weighted by Gasteiger charge is -2.25. The largest absolute Gasteiger partial charge is 0.362 e. The fraction of sp³-hybridized carbons (Fsp3) is 0.667. The van der Waals surface area contributed by atoms with E-state index in [2.05, 4.69) is 38.5 Å². The Morgan fingerprint density at radius 2 is 2.16 bits per heavy atom. The number of nitrogens with zero attached hydrogens (tertiary/aromatic N) is 4. The van der Waals surface area contributed by atoms with Gasteiger partial charge in [-0.25, -0.2) is 9.97 Å². The van der Waals surface area contributed by atoms with Gasteiger partial charge in [-0.1, -0.05) is 26.2 Å². The minimum Gasteiger partial charge on any atom is -0.362 e. The van der Waals surface area contributed by atoms with Gasteiger partial charge in [0.1, 0.15) is 12.0 Å². The van der Waals surface area contributed by atoms with Crippen LogP contribution in [0.5, 0.6) is 0 Å². The first-order valence-electron chi connectivity index (χ1n) is 9.21. The van der Waals surface area contributed by atoms with Gasteiger partial charge in [-0.3, -0.25) is 0 Å². The van der Waals surface area contributed by atoms with E-state index in [1.807, 2.05) is 0 Å². The third kappa shape index (κ3) is 6.46. The van der Waals surface area contributed by atoms with Crippen molar-refractivity contribution in [3.05, 3.63) is 12.5 Å². The lowest BCUT2D eigenvalue weighted by Crippen LogP contribution is -2.34. The molecule has 0 bridgehead atoms. The second-order valence-corrected chi connectivity index (χ2v) is 6.90. The molecular weight excluding hydrogens is 332 g/mol. The maximum Gasteiger partial charge on any atom is 0.170 e. The Balaban J connectivity index is 1.95. The maximum absolute atomic E-state index is 8.88. The van der Waals surface area contributed by atoms with Gasteiger partial charge in [0, 0.05) is 19.6 Å². The van der Waals surface area contributed by atoms with Crippen LogP contribution in [0.4, 0.5) is 11.5 Å². The third-order valence-corrected chi connectivity index (χ3v) is 4.75. The third-order valence-electron chi connectivity index (χ3n) is 4.50. The Labute approximate surface area is 156 Å². The molecule has 1 aliphatic carbocycles. The van der Waals surface area contributed by atoms with Gasteiger partial charge in [0.15, 0.2) is 10.9 Å². The van der Waals surface area contributed by atoms with Crippen LogP contribution in [0.25, 0.3) is 0 Å².